The number of thiophene rings is 1. The Hall–Kier alpha value is -1.76. The van der Waals surface area contributed by atoms with Crippen LogP contribution in [0.2, 0.25) is 0 Å². The zero-order valence-electron chi connectivity index (χ0n) is 11.9. The van der Waals surface area contributed by atoms with Gasteiger partial charge in [-0.25, -0.2) is 0 Å². The van der Waals surface area contributed by atoms with Crippen LogP contribution in [0, 0.1) is 11.8 Å². The molecule has 1 aromatic heterocycles. The van der Waals surface area contributed by atoms with E-state index in [2.05, 4.69) is 30.0 Å². The number of aliphatic hydroxyl groups excluding tert-OH is 1. The van der Waals surface area contributed by atoms with Gasteiger partial charge in [-0.3, -0.25) is 0 Å². The van der Waals surface area contributed by atoms with Crippen LogP contribution in [0.3, 0.4) is 0 Å². The summed E-state index contributed by atoms with van der Waals surface area (Å²) in [6.45, 7) is 0.423. The first kappa shape index (κ1) is 14.2. The lowest BCUT2D eigenvalue weighted by Gasteiger charge is -2.16. The quantitative estimate of drug-likeness (QED) is 0.878. The fourth-order valence-electron chi connectivity index (χ4n) is 2.65. The van der Waals surface area contributed by atoms with E-state index in [1.165, 1.54) is 36.8 Å². The Balaban J connectivity index is 1.69. The number of aryl methyl sites for hydroxylation is 2. The van der Waals surface area contributed by atoms with Crippen molar-refractivity contribution in [3.8, 4) is 17.6 Å². The van der Waals surface area contributed by atoms with Gasteiger partial charge in [0.25, 0.3) is 0 Å². The van der Waals surface area contributed by atoms with Crippen LogP contribution in [-0.2, 0) is 19.4 Å². The molecule has 1 heterocycles. The second-order valence-corrected chi connectivity index (χ2v) is 6.14. The summed E-state index contributed by atoms with van der Waals surface area (Å²) in [5.41, 5.74) is 3.86. The van der Waals surface area contributed by atoms with Crippen LogP contribution in [0.1, 0.15) is 34.4 Å². The van der Waals surface area contributed by atoms with Gasteiger partial charge in [0.05, 0.1) is 4.88 Å². The Morgan fingerprint density at radius 3 is 2.86 bits per heavy atom. The summed E-state index contributed by atoms with van der Waals surface area (Å²) in [5.74, 6) is 6.58. The van der Waals surface area contributed by atoms with Crippen LogP contribution in [0.5, 0.6) is 5.75 Å². The van der Waals surface area contributed by atoms with Gasteiger partial charge in [-0.1, -0.05) is 17.9 Å². The monoisotopic (exact) mass is 298 g/mol. The molecule has 0 aliphatic heterocycles. The minimum Gasteiger partial charge on any atom is -0.488 e. The molecule has 0 bridgehead atoms. The van der Waals surface area contributed by atoms with Crippen LogP contribution in [0.4, 0.5) is 0 Å². The predicted molar refractivity (Wildman–Crippen MR) is 85.7 cm³/mol. The van der Waals surface area contributed by atoms with Crippen LogP contribution < -0.4 is 4.74 Å². The molecule has 0 spiro atoms. The molecule has 0 saturated carbocycles. The van der Waals surface area contributed by atoms with E-state index in [-0.39, 0.29) is 6.61 Å². The van der Waals surface area contributed by atoms with Gasteiger partial charge in [0.1, 0.15) is 19.0 Å². The molecule has 0 amide bonds. The Morgan fingerprint density at radius 2 is 2.00 bits per heavy atom. The van der Waals surface area contributed by atoms with Crippen molar-refractivity contribution in [1.29, 1.82) is 0 Å². The molecule has 1 N–H and O–H groups in total. The molecule has 1 aliphatic carbocycles. The first-order valence-corrected chi connectivity index (χ1v) is 8.15. The maximum Gasteiger partial charge on any atom is 0.124 e. The number of benzene rings is 1. The number of hydrogen-bond donors (Lipinski definition) is 1. The molecule has 0 fully saturated rings. The normalized spacial score (nSPS) is 13.2. The number of hydrogen-bond acceptors (Lipinski definition) is 3. The minimum atomic E-state index is -0.110. The van der Waals surface area contributed by atoms with Gasteiger partial charge in [0.15, 0.2) is 0 Å². The topological polar surface area (TPSA) is 29.5 Å². The first-order chi connectivity index (χ1) is 10.4. The van der Waals surface area contributed by atoms with Crippen molar-refractivity contribution in [2.24, 2.45) is 0 Å². The van der Waals surface area contributed by atoms with Gasteiger partial charge in [0.2, 0.25) is 0 Å². The van der Waals surface area contributed by atoms with Crippen LogP contribution in [0.25, 0.3) is 0 Å². The van der Waals surface area contributed by atoms with Gasteiger partial charge >= 0.3 is 0 Å². The molecule has 2 nitrogen and oxygen atoms in total. The Labute approximate surface area is 129 Å². The summed E-state index contributed by atoms with van der Waals surface area (Å²) >= 11 is 1.64. The predicted octanol–water partition coefficient (Wildman–Crippen LogP) is 3.55. The van der Waals surface area contributed by atoms with Gasteiger partial charge < -0.3 is 9.84 Å². The SMILES string of the molecule is OCC#Cc1ccsc1COc1ccc2c(c1)CCCC2. The fraction of sp³-hybridized carbons (Fsp3) is 0.333. The van der Waals surface area contributed by atoms with Gasteiger partial charge in [-0.2, -0.15) is 0 Å². The van der Waals surface area contributed by atoms with E-state index in [1.807, 2.05) is 11.4 Å². The average Bonchev–Trinajstić information content (AvgIpc) is 2.98. The van der Waals surface area contributed by atoms with E-state index in [0.717, 1.165) is 16.2 Å². The third kappa shape index (κ3) is 3.47. The summed E-state index contributed by atoms with van der Waals surface area (Å²) in [5, 5.41) is 10.8. The van der Waals surface area contributed by atoms with Gasteiger partial charge in [0, 0.05) is 5.56 Å². The number of ether oxygens (including phenoxy) is 1. The molecule has 0 saturated heterocycles. The Morgan fingerprint density at radius 1 is 1.14 bits per heavy atom. The van der Waals surface area contributed by atoms with E-state index in [1.54, 1.807) is 11.3 Å². The second kappa shape index (κ2) is 6.80. The molecule has 1 aromatic carbocycles. The molecule has 0 unspecified atom stereocenters. The standard InChI is InChI=1S/C18H18O2S/c19-10-3-6-15-9-11-21-18(15)13-20-17-8-7-14-4-1-2-5-16(14)12-17/h7-9,11-12,19H,1-2,4-5,10,13H2. The third-order valence-electron chi connectivity index (χ3n) is 3.74. The zero-order chi connectivity index (χ0) is 14.5. The van der Waals surface area contributed by atoms with Crippen molar-refractivity contribution in [2.45, 2.75) is 32.3 Å². The van der Waals surface area contributed by atoms with E-state index >= 15 is 0 Å². The fourth-order valence-corrected chi connectivity index (χ4v) is 3.39. The smallest absolute Gasteiger partial charge is 0.124 e. The van der Waals surface area contributed by atoms with Crippen LogP contribution >= 0.6 is 11.3 Å². The molecule has 0 radical (unpaired) electrons. The number of rotatable bonds is 3. The van der Waals surface area contributed by atoms with Crippen molar-refractivity contribution in [3.63, 3.8) is 0 Å². The van der Waals surface area contributed by atoms with E-state index in [0.29, 0.717) is 6.61 Å². The summed E-state index contributed by atoms with van der Waals surface area (Å²) in [7, 11) is 0. The molecular weight excluding hydrogens is 280 g/mol. The summed E-state index contributed by atoms with van der Waals surface area (Å²) in [4.78, 5) is 1.11. The lowest BCUT2D eigenvalue weighted by atomic mass is 9.92. The summed E-state index contributed by atoms with van der Waals surface area (Å²) in [6, 6.07) is 8.42. The van der Waals surface area contributed by atoms with Crippen molar-refractivity contribution in [2.75, 3.05) is 6.61 Å². The van der Waals surface area contributed by atoms with Gasteiger partial charge in [-0.15, -0.1) is 11.3 Å². The molecule has 0 atom stereocenters. The highest BCUT2D eigenvalue weighted by atomic mass is 32.1. The largest absolute Gasteiger partial charge is 0.488 e. The van der Waals surface area contributed by atoms with Gasteiger partial charge in [-0.05, 0) is 60.4 Å². The molecule has 3 heteroatoms. The number of fused-ring (bicyclic) bond motifs is 1. The van der Waals surface area contributed by atoms with Crippen molar-refractivity contribution >= 4 is 11.3 Å². The van der Waals surface area contributed by atoms with Crippen LogP contribution in [0.15, 0.2) is 29.6 Å². The highest BCUT2D eigenvalue weighted by Gasteiger charge is 2.10. The van der Waals surface area contributed by atoms with Crippen molar-refractivity contribution in [1.82, 2.24) is 0 Å². The van der Waals surface area contributed by atoms with E-state index in [4.69, 9.17) is 9.84 Å². The molecule has 1 aliphatic rings. The van der Waals surface area contributed by atoms with E-state index in [9.17, 15) is 0 Å². The van der Waals surface area contributed by atoms with Crippen molar-refractivity contribution < 1.29 is 9.84 Å². The second-order valence-electron chi connectivity index (χ2n) is 5.14. The third-order valence-corrected chi connectivity index (χ3v) is 4.63. The maximum atomic E-state index is 8.77. The summed E-state index contributed by atoms with van der Waals surface area (Å²) < 4.78 is 5.92. The minimum absolute atomic E-state index is 0.110. The highest BCUT2D eigenvalue weighted by Crippen LogP contribution is 2.26. The first-order valence-electron chi connectivity index (χ1n) is 7.27. The van der Waals surface area contributed by atoms with E-state index < -0.39 is 0 Å². The lowest BCUT2D eigenvalue weighted by molar-refractivity contribution is 0.309. The number of aliphatic hydroxyl groups is 1. The zero-order valence-corrected chi connectivity index (χ0v) is 12.7. The maximum absolute atomic E-state index is 8.77. The lowest BCUT2D eigenvalue weighted by Crippen LogP contribution is -2.03. The van der Waals surface area contributed by atoms with Crippen LogP contribution in [-0.4, -0.2) is 11.7 Å². The molecule has 21 heavy (non-hydrogen) atoms. The highest BCUT2D eigenvalue weighted by molar-refractivity contribution is 7.10. The molecule has 2 aromatic rings. The molecule has 108 valence electrons. The summed E-state index contributed by atoms with van der Waals surface area (Å²) in [6.07, 6.45) is 4.94. The molecule has 3 rings (SSSR count). The molecular formula is C18H18O2S. The average molecular weight is 298 g/mol. The Bertz CT molecular complexity index is 676. The van der Waals surface area contributed by atoms with Crippen molar-refractivity contribution in [3.05, 3.63) is 51.2 Å². The Kier molecular flexibility index (Phi) is 4.59.